The van der Waals surface area contributed by atoms with Gasteiger partial charge in [-0.1, -0.05) is 0 Å². The summed E-state index contributed by atoms with van der Waals surface area (Å²) in [7, 11) is 0. The second kappa shape index (κ2) is 6.58. The average molecular weight is 281 g/mol. The van der Waals surface area contributed by atoms with E-state index in [-0.39, 0.29) is 35.7 Å². The molecule has 1 heterocycles. The molecule has 1 aliphatic rings. The van der Waals surface area contributed by atoms with Crippen LogP contribution in [0.15, 0.2) is 18.2 Å². The van der Waals surface area contributed by atoms with Crippen molar-refractivity contribution in [1.29, 1.82) is 0 Å². The van der Waals surface area contributed by atoms with Crippen molar-refractivity contribution in [2.45, 2.75) is 18.9 Å². The molecule has 110 valence electrons. The van der Waals surface area contributed by atoms with Gasteiger partial charge in [-0.2, -0.15) is 0 Å². The Labute approximate surface area is 117 Å². The van der Waals surface area contributed by atoms with E-state index < -0.39 is 0 Å². The highest BCUT2D eigenvalue weighted by Gasteiger charge is 2.24. The van der Waals surface area contributed by atoms with Crippen LogP contribution in [0.4, 0.5) is 0 Å². The van der Waals surface area contributed by atoms with E-state index in [1.165, 1.54) is 18.2 Å². The first-order chi connectivity index (χ1) is 9.60. The summed E-state index contributed by atoms with van der Waals surface area (Å²) in [6, 6.07) is 3.87. The van der Waals surface area contributed by atoms with Gasteiger partial charge in [0.15, 0.2) is 0 Å². The topological polar surface area (TPSA) is 90.2 Å². The van der Waals surface area contributed by atoms with Crippen LogP contribution in [0.5, 0.6) is 11.5 Å². The molecule has 1 aliphatic heterocycles. The summed E-state index contributed by atoms with van der Waals surface area (Å²) in [5, 5.41) is 27.5. The van der Waals surface area contributed by atoms with Gasteiger partial charge in [-0.25, -0.2) is 0 Å². The molecule has 1 saturated heterocycles. The third kappa shape index (κ3) is 3.61. The van der Waals surface area contributed by atoms with Gasteiger partial charge < -0.3 is 25.0 Å². The molecule has 1 fully saturated rings. The van der Waals surface area contributed by atoms with Crippen LogP contribution in [0.1, 0.15) is 23.2 Å². The van der Waals surface area contributed by atoms with Gasteiger partial charge in [-0.3, -0.25) is 4.79 Å². The summed E-state index contributed by atoms with van der Waals surface area (Å²) in [5.41, 5.74) is 0.275. The summed E-state index contributed by atoms with van der Waals surface area (Å²) < 4.78 is 5.44. The van der Waals surface area contributed by atoms with E-state index in [9.17, 15) is 15.0 Å². The third-order valence-electron chi connectivity index (χ3n) is 3.32. The fourth-order valence-corrected chi connectivity index (χ4v) is 2.35. The number of ether oxygens (including phenoxy) is 1. The maximum absolute atomic E-state index is 12.2. The number of amides is 1. The van der Waals surface area contributed by atoms with Crippen molar-refractivity contribution in [2.75, 3.05) is 26.3 Å². The lowest BCUT2D eigenvalue weighted by Gasteiger charge is -2.32. The number of hydrogen-bond acceptors (Lipinski definition) is 5. The van der Waals surface area contributed by atoms with Gasteiger partial charge in [0.1, 0.15) is 11.5 Å². The molecule has 3 N–H and O–H groups in total. The van der Waals surface area contributed by atoms with E-state index in [1.54, 1.807) is 4.90 Å². The van der Waals surface area contributed by atoms with Crippen LogP contribution in [0.25, 0.3) is 0 Å². The molecule has 2 rings (SSSR count). The number of aliphatic hydroxyl groups is 1. The lowest BCUT2D eigenvalue weighted by molar-refractivity contribution is -0.00555. The number of piperidine rings is 1. The van der Waals surface area contributed by atoms with Gasteiger partial charge in [0, 0.05) is 24.7 Å². The van der Waals surface area contributed by atoms with E-state index in [2.05, 4.69) is 0 Å². The number of rotatable bonds is 4. The normalized spacial score (nSPS) is 16.4. The first kappa shape index (κ1) is 14.6. The van der Waals surface area contributed by atoms with Crippen LogP contribution in [-0.2, 0) is 4.74 Å². The highest BCUT2D eigenvalue weighted by molar-refractivity contribution is 5.95. The van der Waals surface area contributed by atoms with Crippen molar-refractivity contribution >= 4 is 5.91 Å². The highest BCUT2D eigenvalue weighted by atomic mass is 16.5. The summed E-state index contributed by atoms with van der Waals surface area (Å²) >= 11 is 0. The first-order valence-electron chi connectivity index (χ1n) is 6.65. The highest BCUT2D eigenvalue weighted by Crippen LogP contribution is 2.23. The number of hydrogen-bond donors (Lipinski definition) is 3. The molecule has 0 saturated carbocycles. The maximum Gasteiger partial charge on any atom is 0.254 e. The standard InChI is InChI=1S/C14H19NO5/c16-5-6-20-13-1-3-15(4-2-13)14(19)10-7-11(17)9-12(18)8-10/h7-9,13,16-18H,1-6H2. The minimum Gasteiger partial charge on any atom is -0.508 e. The molecular weight excluding hydrogens is 262 g/mol. The lowest BCUT2D eigenvalue weighted by atomic mass is 10.1. The second-order valence-corrected chi connectivity index (χ2v) is 4.82. The average Bonchev–Trinajstić information content (AvgIpc) is 2.44. The predicted molar refractivity (Wildman–Crippen MR) is 71.7 cm³/mol. The van der Waals surface area contributed by atoms with Gasteiger partial charge in [-0.15, -0.1) is 0 Å². The van der Waals surface area contributed by atoms with Gasteiger partial charge in [-0.05, 0) is 25.0 Å². The molecule has 0 atom stereocenters. The fourth-order valence-electron chi connectivity index (χ4n) is 2.35. The van der Waals surface area contributed by atoms with Crippen molar-refractivity contribution in [2.24, 2.45) is 0 Å². The molecule has 20 heavy (non-hydrogen) atoms. The smallest absolute Gasteiger partial charge is 0.254 e. The van der Waals surface area contributed by atoms with Crippen molar-refractivity contribution in [3.63, 3.8) is 0 Å². The minimum atomic E-state index is -0.211. The Kier molecular flexibility index (Phi) is 4.81. The van der Waals surface area contributed by atoms with Crippen LogP contribution in [-0.4, -0.2) is 58.5 Å². The summed E-state index contributed by atoms with van der Waals surface area (Å²) in [5.74, 6) is -0.471. The predicted octanol–water partition coefficient (Wildman–Crippen LogP) is 0.711. The molecule has 0 bridgehead atoms. The third-order valence-corrected chi connectivity index (χ3v) is 3.32. The Morgan fingerprint density at radius 3 is 2.35 bits per heavy atom. The van der Waals surface area contributed by atoms with Crippen LogP contribution in [0.3, 0.4) is 0 Å². The van der Waals surface area contributed by atoms with Crippen LogP contribution in [0.2, 0.25) is 0 Å². The molecule has 6 heteroatoms. The molecule has 0 aliphatic carbocycles. The van der Waals surface area contributed by atoms with Crippen molar-refractivity contribution in [3.05, 3.63) is 23.8 Å². The molecule has 0 unspecified atom stereocenters. The number of aliphatic hydroxyl groups excluding tert-OH is 1. The molecular formula is C14H19NO5. The maximum atomic E-state index is 12.2. The van der Waals surface area contributed by atoms with Crippen LogP contribution < -0.4 is 0 Å². The van der Waals surface area contributed by atoms with E-state index in [0.29, 0.717) is 19.7 Å². The van der Waals surface area contributed by atoms with Gasteiger partial charge in [0.05, 0.1) is 19.3 Å². The Balaban J connectivity index is 1.94. The number of carbonyl (C=O) groups excluding carboxylic acids is 1. The largest absolute Gasteiger partial charge is 0.508 e. The van der Waals surface area contributed by atoms with Crippen molar-refractivity contribution in [1.82, 2.24) is 4.90 Å². The monoisotopic (exact) mass is 281 g/mol. The second-order valence-electron chi connectivity index (χ2n) is 4.82. The molecule has 1 aromatic rings. The van der Waals surface area contributed by atoms with Gasteiger partial charge in [0.2, 0.25) is 0 Å². The zero-order valence-electron chi connectivity index (χ0n) is 11.2. The number of aromatic hydroxyl groups is 2. The quantitative estimate of drug-likeness (QED) is 0.756. The minimum absolute atomic E-state index is 0.00170. The number of nitrogens with zero attached hydrogens (tertiary/aromatic N) is 1. The first-order valence-corrected chi connectivity index (χ1v) is 6.65. The number of benzene rings is 1. The van der Waals surface area contributed by atoms with E-state index in [4.69, 9.17) is 9.84 Å². The Bertz CT molecular complexity index is 448. The van der Waals surface area contributed by atoms with E-state index >= 15 is 0 Å². The number of phenolic OH excluding ortho intramolecular Hbond substituents is 2. The fraction of sp³-hybridized carbons (Fsp3) is 0.500. The van der Waals surface area contributed by atoms with Gasteiger partial charge in [0.25, 0.3) is 5.91 Å². The molecule has 6 nitrogen and oxygen atoms in total. The Morgan fingerprint density at radius 1 is 1.20 bits per heavy atom. The molecule has 1 amide bonds. The van der Waals surface area contributed by atoms with Gasteiger partial charge >= 0.3 is 0 Å². The zero-order chi connectivity index (χ0) is 14.5. The van der Waals surface area contributed by atoms with Crippen LogP contribution in [0, 0.1) is 0 Å². The molecule has 0 aromatic heterocycles. The number of phenols is 2. The Morgan fingerprint density at radius 2 is 1.80 bits per heavy atom. The number of carbonyl (C=O) groups is 1. The van der Waals surface area contributed by atoms with Crippen molar-refractivity contribution in [3.8, 4) is 11.5 Å². The SMILES string of the molecule is O=C(c1cc(O)cc(O)c1)N1CCC(OCCO)CC1. The summed E-state index contributed by atoms with van der Waals surface area (Å²) in [6.07, 6.45) is 1.51. The number of likely N-dealkylation sites (tertiary alicyclic amines) is 1. The Hall–Kier alpha value is -1.79. The van der Waals surface area contributed by atoms with E-state index in [1.807, 2.05) is 0 Å². The van der Waals surface area contributed by atoms with Crippen molar-refractivity contribution < 1.29 is 24.9 Å². The molecule has 0 spiro atoms. The summed E-state index contributed by atoms with van der Waals surface area (Å²) in [4.78, 5) is 13.9. The lowest BCUT2D eigenvalue weighted by Crippen LogP contribution is -2.41. The zero-order valence-corrected chi connectivity index (χ0v) is 11.2. The van der Waals surface area contributed by atoms with E-state index in [0.717, 1.165) is 12.8 Å². The summed E-state index contributed by atoms with van der Waals surface area (Å²) in [6.45, 7) is 1.44. The molecule has 0 radical (unpaired) electrons. The van der Waals surface area contributed by atoms with Crippen LogP contribution >= 0.6 is 0 Å². The molecule has 1 aromatic carbocycles.